The SMILES string of the molecule is FC12CC3CC(C1)CC(CNc1ncnc4c1CCN(Cc1ccccc1)C4)(C3)C2. The van der Waals surface area contributed by atoms with Gasteiger partial charge in [-0.2, -0.15) is 0 Å². The van der Waals surface area contributed by atoms with Crippen LogP contribution in [0.25, 0.3) is 0 Å². The van der Waals surface area contributed by atoms with Crippen LogP contribution < -0.4 is 5.32 Å². The van der Waals surface area contributed by atoms with Crippen LogP contribution in [-0.2, 0) is 19.5 Å². The minimum atomic E-state index is -0.894. The van der Waals surface area contributed by atoms with Crippen molar-refractivity contribution in [2.75, 3.05) is 18.4 Å². The first kappa shape index (κ1) is 18.7. The van der Waals surface area contributed by atoms with Crippen molar-refractivity contribution in [2.24, 2.45) is 17.3 Å². The molecule has 1 aromatic carbocycles. The molecule has 1 aromatic heterocycles. The number of benzene rings is 1. The van der Waals surface area contributed by atoms with Gasteiger partial charge in [0.15, 0.2) is 0 Å². The van der Waals surface area contributed by atoms with Crippen LogP contribution in [0.3, 0.4) is 0 Å². The summed E-state index contributed by atoms with van der Waals surface area (Å²) in [6.07, 6.45) is 8.68. The second kappa shape index (κ2) is 7.01. The summed E-state index contributed by atoms with van der Waals surface area (Å²) in [5.74, 6) is 2.19. The number of aromatic nitrogens is 2. The minimum Gasteiger partial charge on any atom is -0.369 e. The van der Waals surface area contributed by atoms with E-state index in [1.54, 1.807) is 6.33 Å². The van der Waals surface area contributed by atoms with Gasteiger partial charge in [0.05, 0.1) is 5.69 Å². The Morgan fingerprint density at radius 2 is 1.87 bits per heavy atom. The summed E-state index contributed by atoms with van der Waals surface area (Å²) in [5, 5.41) is 3.68. The molecule has 4 bridgehead atoms. The highest BCUT2D eigenvalue weighted by Crippen LogP contribution is 2.62. The lowest BCUT2D eigenvalue weighted by Crippen LogP contribution is -2.55. The minimum absolute atomic E-state index is 0.130. The molecule has 2 unspecified atom stereocenters. The van der Waals surface area contributed by atoms with Gasteiger partial charge in [-0.3, -0.25) is 4.90 Å². The van der Waals surface area contributed by atoms with Crippen molar-refractivity contribution in [2.45, 2.75) is 63.7 Å². The van der Waals surface area contributed by atoms with Crippen LogP contribution >= 0.6 is 0 Å². The molecule has 0 spiro atoms. The highest BCUT2D eigenvalue weighted by atomic mass is 19.1. The van der Waals surface area contributed by atoms with Gasteiger partial charge in [-0.1, -0.05) is 30.3 Å². The fourth-order valence-electron chi connectivity index (χ4n) is 7.35. The van der Waals surface area contributed by atoms with Gasteiger partial charge in [0, 0.05) is 31.7 Å². The summed E-state index contributed by atoms with van der Waals surface area (Å²) in [6, 6.07) is 10.6. The Labute approximate surface area is 178 Å². The first-order chi connectivity index (χ1) is 14.6. The summed E-state index contributed by atoms with van der Waals surface area (Å²) < 4.78 is 15.3. The third-order valence-electron chi connectivity index (χ3n) is 8.08. The Bertz CT molecular complexity index is 916. The van der Waals surface area contributed by atoms with Gasteiger partial charge in [-0.05, 0) is 67.8 Å². The fourth-order valence-corrected chi connectivity index (χ4v) is 7.35. The van der Waals surface area contributed by atoms with E-state index in [1.807, 2.05) is 0 Å². The molecule has 4 nitrogen and oxygen atoms in total. The summed E-state index contributed by atoms with van der Waals surface area (Å²) in [7, 11) is 0. The van der Waals surface area contributed by atoms with E-state index in [2.05, 4.69) is 50.5 Å². The molecule has 0 saturated heterocycles. The van der Waals surface area contributed by atoms with Crippen molar-refractivity contribution in [3.8, 4) is 0 Å². The summed E-state index contributed by atoms with van der Waals surface area (Å²) in [4.78, 5) is 11.7. The molecule has 158 valence electrons. The van der Waals surface area contributed by atoms with E-state index in [0.29, 0.717) is 11.8 Å². The van der Waals surface area contributed by atoms with Crippen LogP contribution in [0.1, 0.15) is 55.3 Å². The lowest BCUT2D eigenvalue weighted by atomic mass is 9.48. The third-order valence-corrected chi connectivity index (χ3v) is 8.08. The Hall–Kier alpha value is -2.01. The van der Waals surface area contributed by atoms with Crippen LogP contribution in [-0.4, -0.2) is 33.6 Å². The van der Waals surface area contributed by atoms with Crippen molar-refractivity contribution in [1.29, 1.82) is 0 Å². The number of nitrogens with zero attached hydrogens (tertiary/aromatic N) is 3. The highest BCUT2D eigenvalue weighted by Gasteiger charge is 2.58. The van der Waals surface area contributed by atoms with Gasteiger partial charge >= 0.3 is 0 Å². The summed E-state index contributed by atoms with van der Waals surface area (Å²) in [5.41, 5.74) is 2.98. The Morgan fingerprint density at radius 1 is 1.07 bits per heavy atom. The Kier molecular flexibility index (Phi) is 4.38. The smallest absolute Gasteiger partial charge is 0.132 e. The fraction of sp³-hybridized carbons (Fsp3) is 0.600. The summed E-state index contributed by atoms with van der Waals surface area (Å²) in [6.45, 7) is 3.71. The van der Waals surface area contributed by atoms with E-state index < -0.39 is 5.67 Å². The zero-order valence-electron chi connectivity index (χ0n) is 17.6. The highest BCUT2D eigenvalue weighted by molar-refractivity contribution is 5.47. The van der Waals surface area contributed by atoms with E-state index in [4.69, 9.17) is 0 Å². The number of nitrogens with one attached hydrogen (secondary N) is 1. The zero-order valence-corrected chi connectivity index (χ0v) is 17.6. The molecule has 4 saturated carbocycles. The zero-order chi connectivity index (χ0) is 20.2. The standard InChI is InChI=1S/C25H31FN4/c26-25-11-19-8-20(12-25)10-24(9-19,15-25)16-27-23-21-6-7-30(14-22(21)28-17-29-23)13-18-4-2-1-3-5-18/h1-5,17,19-20H,6-16H2,(H,27,28,29). The number of hydrogen-bond donors (Lipinski definition) is 1. The number of hydrogen-bond acceptors (Lipinski definition) is 4. The summed E-state index contributed by atoms with van der Waals surface area (Å²) >= 11 is 0. The molecular weight excluding hydrogens is 375 g/mol. The van der Waals surface area contributed by atoms with Crippen molar-refractivity contribution >= 4 is 5.82 Å². The van der Waals surface area contributed by atoms with Gasteiger partial charge in [0.2, 0.25) is 0 Å². The molecule has 1 N–H and O–H groups in total. The molecule has 2 heterocycles. The maximum atomic E-state index is 15.3. The Morgan fingerprint density at radius 3 is 2.63 bits per heavy atom. The van der Waals surface area contributed by atoms with E-state index in [1.165, 1.54) is 30.4 Å². The van der Waals surface area contributed by atoms with Crippen LogP contribution in [0, 0.1) is 17.3 Å². The number of fused-ring (bicyclic) bond motifs is 1. The van der Waals surface area contributed by atoms with Crippen LogP contribution in [0.4, 0.5) is 10.2 Å². The molecule has 5 heteroatoms. The van der Waals surface area contributed by atoms with Crippen LogP contribution in [0.5, 0.6) is 0 Å². The first-order valence-electron chi connectivity index (χ1n) is 11.6. The molecule has 2 atom stereocenters. The van der Waals surface area contributed by atoms with Gasteiger partial charge in [-0.25, -0.2) is 14.4 Å². The second-order valence-corrected chi connectivity index (χ2v) is 10.6. The van der Waals surface area contributed by atoms with E-state index in [-0.39, 0.29) is 5.41 Å². The Balaban J connectivity index is 1.16. The van der Waals surface area contributed by atoms with Crippen molar-refractivity contribution in [3.63, 3.8) is 0 Å². The molecule has 4 aliphatic carbocycles. The van der Waals surface area contributed by atoms with Crippen LogP contribution in [0.2, 0.25) is 0 Å². The van der Waals surface area contributed by atoms with Crippen LogP contribution in [0.15, 0.2) is 36.7 Å². The average molecular weight is 407 g/mol. The molecule has 0 radical (unpaired) electrons. The topological polar surface area (TPSA) is 41.1 Å². The molecule has 1 aliphatic heterocycles. The predicted molar refractivity (Wildman–Crippen MR) is 116 cm³/mol. The van der Waals surface area contributed by atoms with Crippen molar-refractivity contribution < 1.29 is 4.39 Å². The molecule has 2 aromatic rings. The largest absolute Gasteiger partial charge is 0.369 e. The van der Waals surface area contributed by atoms with Gasteiger partial charge in [-0.15, -0.1) is 0 Å². The van der Waals surface area contributed by atoms with Gasteiger partial charge < -0.3 is 5.32 Å². The number of alkyl halides is 1. The second-order valence-electron chi connectivity index (χ2n) is 10.6. The number of anilines is 1. The normalized spacial score (nSPS) is 34.7. The van der Waals surface area contributed by atoms with E-state index >= 15 is 4.39 Å². The first-order valence-corrected chi connectivity index (χ1v) is 11.6. The molecule has 30 heavy (non-hydrogen) atoms. The monoisotopic (exact) mass is 406 g/mol. The van der Waals surface area contributed by atoms with Gasteiger partial charge in [0.1, 0.15) is 17.8 Å². The molecule has 5 aliphatic rings. The van der Waals surface area contributed by atoms with Gasteiger partial charge in [0.25, 0.3) is 0 Å². The lowest BCUT2D eigenvalue weighted by molar-refractivity contribution is -0.117. The van der Waals surface area contributed by atoms with E-state index in [9.17, 15) is 0 Å². The lowest BCUT2D eigenvalue weighted by Gasteiger charge is -2.59. The molecule has 7 rings (SSSR count). The predicted octanol–water partition coefficient (Wildman–Crippen LogP) is 4.76. The maximum absolute atomic E-state index is 15.3. The number of rotatable bonds is 5. The molecular formula is C25H31FN4. The number of halogens is 1. The van der Waals surface area contributed by atoms with E-state index in [0.717, 1.165) is 63.4 Å². The van der Waals surface area contributed by atoms with Crippen molar-refractivity contribution in [1.82, 2.24) is 14.9 Å². The quantitative estimate of drug-likeness (QED) is 0.778. The van der Waals surface area contributed by atoms with Crippen molar-refractivity contribution in [3.05, 3.63) is 53.5 Å². The average Bonchev–Trinajstić information content (AvgIpc) is 2.71. The molecule has 0 amide bonds. The molecule has 4 fully saturated rings. The third kappa shape index (κ3) is 3.41. The maximum Gasteiger partial charge on any atom is 0.132 e.